The van der Waals surface area contributed by atoms with Gasteiger partial charge in [-0.15, -0.1) is 0 Å². The Morgan fingerprint density at radius 2 is 1.07 bits per heavy atom. The average Bonchev–Trinajstić information content (AvgIpc) is 3.01. The van der Waals surface area contributed by atoms with Crippen molar-refractivity contribution in [2.75, 3.05) is 19.8 Å². The minimum Gasteiger partial charge on any atom is -0.462 e. The Kier molecular flexibility index (Phi) is 31.0. The van der Waals surface area contributed by atoms with E-state index in [-0.39, 0.29) is 32.0 Å². The first-order valence-electron chi connectivity index (χ1n) is 17.8. The van der Waals surface area contributed by atoms with E-state index in [4.69, 9.17) is 18.5 Å². The summed E-state index contributed by atoms with van der Waals surface area (Å²) in [6.07, 6.45) is 33.4. The first-order chi connectivity index (χ1) is 21.8. The third-order valence-corrected chi connectivity index (χ3v) is 8.23. The summed E-state index contributed by atoms with van der Waals surface area (Å²) < 4.78 is 32.4. The number of carbonyl (C=O) groups excluding carboxylic acids is 2. The van der Waals surface area contributed by atoms with Gasteiger partial charge in [-0.3, -0.25) is 18.6 Å². The normalized spacial score (nSPS) is 14.0. The van der Waals surface area contributed by atoms with Gasteiger partial charge in [0, 0.05) is 12.8 Å². The summed E-state index contributed by atoms with van der Waals surface area (Å²) in [7, 11) is -4.27. The number of phosphoric acid groups is 1. The number of carbonyl (C=O) groups is 2. The van der Waals surface area contributed by atoms with E-state index in [1.807, 2.05) is 0 Å². The van der Waals surface area contributed by atoms with Gasteiger partial charge < -0.3 is 14.4 Å². The number of phosphoric ester groups is 1. The number of ether oxygens (including phenoxy) is 2. The van der Waals surface area contributed by atoms with Crippen LogP contribution in [0.4, 0.5) is 0 Å². The second kappa shape index (κ2) is 32.2. The number of rotatable bonds is 32. The monoisotopic (exact) mass is 656 g/mol. The number of allylic oxidation sites excluding steroid dienone is 6. The Labute approximate surface area is 275 Å². The average molecular weight is 657 g/mol. The van der Waals surface area contributed by atoms with Crippen LogP contribution in [0.15, 0.2) is 36.5 Å². The number of esters is 2. The molecule has 2 atom stereocenters. The molecule has 0 spiro atoms. The lowest BCUT2D eigenvalue weighted by atomic mass is 10.1. The maximum Gasteiger partial charge on any atom is 0.472 e. The summed E-state index contributed by atoms with van der Waals surface area (Å²) >= 11 is 0. The quantitative estimate of drug-likeness (QED) is 0.0330. The Morgan fingerprint density at radius 3 is 1.60 bits per heavy atom. The van der Waals surface area contributed by atoms with Crippen molar-refractivity contribution in [1.82, 2.24) is 0 Å². The van der Waals surface area contributed by atoms with E-state index in [9.17, 15) is 19.0 Å². The molecular formula is C36H65O8P. The van der Waals surface area contributed by atoms with Crippen molar-refractivity contribution >= 4 is 19.8 Å². The molecule has 8 nitrogen and oxygen atoms in total. The second-order valence-electron chi connectivity index (χ2n) is 11.5. The lowest BCUT2D eigenvalue weighted by molar-refractivity contribution is -0.161. The van der Waals surface area contributed by atoms with E-state index in [1.54, 1.807) is 6.92 Å². The molecule has 0 saturated carbocycles. The molecule has 0 aromatic rings. The van der Waals surface area contributed by atoms with E-state index < -0.39 is 26.5 Å². The highest BCUT2D eigenvalue weighted by atomic mass is 31.2. The van der Waals surface area contributed by atoms with Crippen molar-refractivity contribution < 1.29 is 37.6 Å². The predicted molar refractivity (Wildman–Crippen MR) is 184 cm³/mol. The molecule has 0 aliphatic rings. The summed E-state index contributed by atoms with van der Waals surface area (Å²) in [6, 6.07) is 0. The van der Waals surface area contributed by atoms with Crippen LogP contribution in [0.1, 0.15) is 156 Å². The fraction of sp³-hybridized carbons (Fsp3) is 0.778. The van der Waals surface area contributed by atoms with Crippen molar-refractivity contribution in [3.05, 3.63) is 36.5 Å². The molecule has 0 fully saturated rings. The van der Waals surface area contributed by atoms with Crippen molar-refractivity contribution in [2.24, 2.45) is 0 Å². The molecule has 0 radical (unpaired) electrons. The third kappa shape index (κ3) is 32.0. The van der Waals surface area contributed by atoms with E-state index in [2.05, 4.69) is 50.3 Å². The van der Waals surface area contributed by atoms with Gasteiger partial charge in [0.25, 0.3) is 0 Å². The van der Waals surface area contributed by atoms with Gasteiger partial charge >= 0.3 is 19.8 Å². The minimum absolute atomic E-state index is 0.00433. The first kappa shape index (κ1) is 43.3. The SMILES string of the molecule is CCCC/C=C\C/C=C\CCCCCCCC(=O)OC(COC(=O)CCCCCCC/C=C\CCCC)COP(=O)(O)OCC. The van der Waals surface area contributed by atoms with Crippen molar-refractivity contribution in [2.45, 2.75) is 162 Å². The molecule has 45 heavy (non-hydrogen) atoms. The largest absolute Gasteiger partial charge is 0.472 e. The molecule has 2 unspecified atom stereocenters. The van der Waals surface area contributed by atoms with Crippen molar-refractivity contribution in [3.8, 4) is 0 Å². The topological polar surface area (TPSA) is 108 Å². The summed E-state index contributed by atoms with van der Waals surface area (Å²) in [5.74, 6) is -0.829. The number of hydrogen-bond acceptors (Lipinski definition) is 7. The summed E-state index contributed by atoms with van der Waals surface area (Å²) in [4.78, 5) is 34.5. The van der Waals surface area contributed by atoms with E-state index >= 15 is 0 Å². The van der Waals surface area contributed by atoms with Crippen LogP contribution < -0.4 is 0 Å². The molecule has 0 amide bonds. The van der Waals surface area contributed by atoms with Crippen LogP contribution in [0.2, 0.25) is 0 Å². The van der Waals surface area contributed by atoms with Crippen LogP contribution in [0.5, 0.6) is 0 Å². The van der Waals surface area contributed by atoms with Crippen molar-refractivity contribution in [1.29, 1.82) is 0 Å². The molecule has 1 N–H and O–H groups in total. The first-order valence-corrected chi connectivity index (χ1v) is 19.3. The van der Waals surface area contributed by atoms with Crippen LogP contribution in [0.3, 0.4) is 0 Å². The Morgan fingerprint density at radius 1 is 0.600 bits per heavy atom. The Hall–Kier alpha value is -1.73. The van der Waals surface area contributed by atoms with Gasteiger partial charge in [0.15, 0.2) is 6.10 Å². The molecule has 9 heteroatoms. The van der Waals surface area contributed by atoms with E-state index in [1.165, 1.54) is 25.7 Å². The predicted octanol–water partition coefficient (Wildman–Crippen LogP) is 10.5. The molecule has 0 bridgehead atoms. The lowest BCUT2D eigenvalue weighted by Crippen LogP contribution is -2.29. The van der Waals surface area contributed by atoms with Crippen LogP contribution in [0.25, 0.3) is 0 Å². The van der Waals surface area contributed by atoms with Gasteiger partial charge in [-0.2, -0.15) is 0 Å². The summed E-state index contributed by atoms with van der Waals surface area (Å²) in [5.41, 5.74) is 0. The van der Waals surface area contributed by atoms with Crippen LogP contribution in [-0.2, 0) is 32.7 Å². The molecule has 0 aromatic heterocycles. The fourth-order valence-corrected chi connectivity index (χ4v) is 5.26. The molecule has 262 valence electrons. The van der Waals surface area contributed by atoms with Gasteiger partial charge in [0.1, 0.15) is 6.61 Å². The molecule has 0 aliphatic carbocycles. The highest BCUT2D eigenvalue weighted by Gasteiger charge is 2.25. The zero-order valence-corrected chi connectivity index (χ0v) is 29.7. The molecule has 0 saturated heterocycles. The summed E-state index contributed by atoms with van der Waals surface area (Å²) in [6.45, 7) is 5.34. The van der Waals surface area contributed by atoms with E-state index in [0.717, 1.165) is 89.9 Å². The zero-order chi connectivity index (χ0) is 33.3. The van der Waals surface area contributed by atoms with Crippen LogP contribution in [-0.4, -0.2) is 42.8 Å². The highest BCUT2D eigenvalue weighted by molar-refractivity contribution is 7.47. The maximum absolute atomic E-state index is 12.5. The lowest BCUT2D eigenvalue weighted by Gasteiger charge is -2.19. The number of unbranched alkanes of at least 4 members (excludes halogenated alkanes) is 14. The molecule has 0 heterocycles. The van der Waals surface area contributed by atoms with Crippen LogP contribution >= 0.6 is 7.82 Å². The Bertz CT molecular complexity index is 839. The third-order valence-electron chi connectivity index (χ3n) is 7.17. The van der Waals surface area contributed by atoms with Gasteiger partial charge in [0.05, 0.1) is 13.2 Å². The zero-order valence-electron chi connectivity index (χ0n) is 28.8. The van der Waals surface area contributed by atoms with Crippen LogP contribution in [0, 0.1) is 0 Å². The van der Waals surface area contributed by atoms with Gasteiger partial charge in [-0.25, -0.2) is 4.57 Å². The number of hydrogen-bond donors (Lipinski definition) is 1. The second-order valence-corrected chi connectivity index (χ2v) is 13.0. The Balaban J connectivity index is 4.23. The summed E-state index contributed by atoms with van der Waals surface area (Å²) in [5, 5.41) is 0. The molecular weight excluding hydrogens is 591 g/mol. The van der Waals surface area contributed by atoms with Gasteiger partial charge in [-0.1, -0.05) is 115 Å². The molecule has 0 rings (SSSR count). The van der Waals surface area contributed by atoms with E-state index in [0.29, 0.717) is 6.42 Å². The smallest absolute Gasteiger partial charge is 0.462 e. The standard InChI is InChI=1S/C36H65O8P/c1-4-7-9-11-13-15-17-18-19-21-23-25-27-29-31-36(38)44-34(33-43-45(39,40)42-6-3)32-41-35(37)30-28-26-24-22-20-16-14-12-10-8-5-2/h11-14,17-18,34H,4-10,15-16,19-33H2,1-3H3,(H,39,40)/b13-11-,14-12-,18-17-. The fourth-order valence-electron chi connectivity index (χ4n) is 4.51. The van der Waals surface area contributed by atoms with Gasteiger partial charge in [0.2, 0.25) is 0 Å². The van der Waals surface area contributed by atoms with Crippen molar-refractivity contribution in [3.63, 3.8) is 0 Å². The highest BCUT2D eigenvalue weighted by Crippen LogP contribution is 2.43. The maximum atomic E-state index is 12.5. The molecule has 0 aromatic carbocycles. The van der Waals surface area contributed by atoms with Gasteiger partial charge in [-0.05, 0) is 64.7 Å². The minimum atomic E-state index is -4.27. The molecule has 0 aliphatic heterocycles.